The second-order valence-corrected chi connectivity index (χ2v) is 6.96. The lowest BCUT2D eigenvalue weighted by molar-refractivity contribution is 0.321. The lowest BCUT2D eigenvalue weighted by atomic mass is 10.2. The van der Waals surface area contributed by atoms with Gasteiger partial charge < -0.3 is 20.0 Å². The molecular weight excluding hydrogens is 348 g/mol. The van der Waals surface area contributed by atoms with E-state index in [1.165, 1.54) is 18.2 Å². The van der Waals surface area contributed by atoms with Gasteiger partial charge in [0.15, 0.2) is 5.11 Å². The van der Waals surface area contributed by atoms with Crippen LogP contribution in [0, 0.1) is 6.92 Å². The van der Waals surface area contributed by atoms with Gasteiger partial charge in [0.1, 0.15) is 23.0 Å². The maximum absolute atomic E-state index is 12.3. The maximum atomic E-state index is 12.3. The van der Waals surface area contributed by atoms with Gasteiger partial charge >= 0.3 is 10.1 Å². The Morgan fingerprint density at radius 3 is 2.50 bits per heavy atom. The molecule has 0 bridgehead atoms. The van der Waals surface area contributed by atoms with Gasteiger partial charge in [0.2, 0.25) is 0 Å². The molecule has 0 radical (unpaired) electrons. The molecular formula is C16H18N2O4S2. The SMILES string of the molecule is Cc1cc(OCCNC(N)=S)cc(OS(=O)(=O)c2ccccc2)c1. The van der Waals surface area contributed by atoms with E-state index in [4.69, 9.17) is 26.9 Å². The first-order valence-corrected chi connectivity index (χ1v) is 8.96. The fourth-order valence-electron chi connectivity index (χ4n) is 1.95. The number of nitrogens with two attached hydrogens (primary N) is 1. The fraction of sp³-hybridized carbons (Fsp3) is 0.188. The van der Waals surface area contributed by atoms with E-state index >= 15 is 0 Å². The number of thiocarbonyl (C=S) groups is 1. The minimum Gasteiger partial charge on any atom is -0.492 e. The predicted molar refractivity (Wildman–Crippen MR) is 95.7 cm³/mol. The average molecular weight is 366 g/mol. The largest absolute Gasteiger partial charge is 0.492 e. The van der Waals surface area contributed by atoms with Crippen molar-refractivity contribution in [3.8, 4) is 11.5 Å². The zero-order valence-corrected chi connectivity index (χ0v) is 14.7. The van der Waals surface area contributed by atoms with Gasteiger partial charge in [-0.15, -0.1) is 0 Å². The molecule has 2 rings (SSSR count). The molecule has 0 fully saturated rings. The molecule has 0 saturated heterocycles. The lowest BCUT2D eigenvalue weighted by Crippen LogP contribution is -2.32. The number of hydrogen-bond donors (Lipinski definition) is 2. The topological polar surface area (TPSA) is 90.7 Å². The van der Waals surface area contributed by atoms with E-state index < -0.39 is 10.1 Å². The number of hydrogen-bond acceptors (Lipinski definition) is 5. The summed E-state index contributed by atoms with van der Waals surface area (Å²) in [5.41, 5.74) is 6.14. The second-order valence-electron chi connectivity index (χ2n) is 4.97. The maximum Gasteiger partial charge on any atom is 0.339 e. The fourth-order valence-corrected chi connectivity index (χ4v) is 2.99. The van der Waals surface area contributed by atoms with Crippen molar-refractivity contribution in [2.45, 2.75) is 11.8 Å². The van der Waals surface area contributed by atoms with Crippen LogP contribution in [0.2, 0.25) is 0 Å². The highest BCUT2D eigenvalue weighted by Gasteiger charge is 2.16. The molecule has 8 heteroatoms. The van der Waals surface area contributed by atoms with Crippen LogP contribution in [0.1, 0.15) is 5.56 Å². The van der Waals surface area contributed by atoms with Gasteiger partial charge in [-0.1, -0.05) is 18.2 Å². The zero-order valence-electron chi connectivity index (χ0n) is 13.1. The molecule has 24 heavy (non-hydrogen) atoms. The first-order valence-electron chi connectivity index (χ1n) is 7.14. The van der Waals surface area contributed by atoms with Gasteiger partial charge in [-0.2, -0.15) is 8.42 Å². The smallest absolute Gasteiger partial charge is 0.339 e. The van der Waals surface area contributed by atoms with Crippen LogP contribution in [0.15, 0.2) is 53.4 Å². The summed E-state index contributed by atoms with van der Waals surface area (Å²) < 4.78 is 35.3. The third kappa shape index (κ3) is 5.39. The number of ether oxygens (including phenoxy) is 1. The molecule has 3 N–H and O–H groups in total. The molecule has 0 spiro atoms. The van der Waals surface area contributed by atoms with E-state index in [9.17, 15) is 8.42 Å². The van der Waals surface area contributed by atoms with Crippen molar-refractivity contribution in [3.05, 3.63) is 54.1 Å². The van der Waals surface area contributed by atoms with Crippen LogP contribution < -0.4 is 20.0 Å². The molecule has 6 nitrogen and oxygen atoms in total. The van der Waals surface area contributed by atoms with Gasteiger partial charge in [-0.05, 0) is 49.0 Å². The minimum absolute atomic E-state index is 0.0923. The Kier molecular flexibility index (Phi) is 5.99. The summed E-state index contributed by atoms with van der Waals surface area (Å²) in [6.07, 6.45) is 0. The van der Waals surface area contributed by atoms with Crippen LogP contribution in [-0.2, 0) is 10.1 Å². The Bertz CT molecular complexity index is 808. The Morgan fingerprint density at radius 2 is 1.83 bits per heavy atom. The van der Waals surface area contributed by atoms with Gasteiger partial charge in [0.25, 0.3) is 0 Å². The summed E-state index contributed by atoms with van der Waals surface area (Å²) in [5.74, 6) is 0.689. The van der Waals surface area contributed by atoms with Crippen LogP contribution in [-0.4, -0.2) is 26.7 Å². The summed E-state index contributed by atoms with van der Waals surface area (Å²) in [5, 5.41) is 2.96. The molecule has 0 heterocycles. The van der Waals surface area contributed by atoms with Crippen LogP contribution in [0.5, 0.6) is 11.5 Å². The van der Waals surface area contributed by atoms with E-state index in [2.05, 4.69) is 5.32 Å². The summed E-state index contributed by atoms with van der Waals surface area (Å²) >= 11 is 4.70. The molecule has 2 aromatic rings. The molecule has 0 aliphatic heterocycles. The summed E-state index contributed by atoms with van der Waals surface area (Å²) in [6.45, 7) is 2.59. The third-order valence-electron chi connectivity index (χ3n) is 2.93. The van der Waals surface area contributed by atoms with Gasteiger partial charge in [-0.25, -0.2) is 0 Å². The average Bonchev–Trinajstić information content (AvgIpc) is 2.51. The van der Waals surface area contributed by atoms with Crippen LogP contribution in [0.3, 0.4) is 0 Å². The van der Waals surface area contributed by atoms with Crippen LogP contribution >= 0.6 is 12.2 Å². The first-order chi connectivity index (χ1) is 11.4. The van der Waals surface area contributed by atoms with Gasteiger partial charge in [0, 0.05) is 6.07 Å². The van der Waals surface area contributed by atoms with Crippen LogP contribution in [0.25, 0.3) is 0 Å². The van der Waals surface area contributed by atoms with Crippen molar-refractivity contribution >= 4 is 27.4 Å². The highest BCUT2D eigenvalue weighted by atomic mass is 32.2. The van der Waals surface area contributed by atoms with Crippen molar-refractivity contribution in [1.29, 1.82) is 0 Å². The van der Waals surface area contributed by atoms with Crippen LogP contribution in [0.4, 0.5) is 0 Å². The molecule has 2 aromatic carbocycles. The Hall–Kier alpha value is -2.32. The Morgan fingerprint density at radius 1 is 1.17 bits per heavy atom. The van der Waals surface area contributed by atoms with E-state index in [0.717, 1.165) is 5.56 Å². The number of rotatable bonds is 7. The van der Waals surface area contributed by atoms with Crippen molar-refractivity contribution in [2.24, 2.45) is 5.73 Å². The normalized spacial score (nSPS) is 10.9. The molecule has 0 saturated carbocycles. The van der Waals surface area contributed by atoms with E-state index in [0.29, 0.717) is 18.9 Å². The molecule has 0 aromatic heterocycles. The molecule has 128 valence electrons. The molecule has 0 aliphatic carbocycles. The number of nitrogens with one attached hydrogen (secondary N) is 1. The summed E-state index contributed by atoms with van der Waals surface area (Å²) in [4.78, 5) is 0.0923. The standard InChI is InChI=1S/C16H18N2O4S2/c1-12-9-13(21-8-7-18-16(17)23)11-14(10-12)22-24(19,20)15-5-3-2-4-6-15/h2-6,9-11H,7-8H2,1H3,(H3,17,18,23). The summed E-state index contributed by atoms with van der Waals surface area (Å²) in [6, 6.07) is 12.9. The lowest BCUT2D eigenvalue weighted by Gasteiger charge is -2.11. The van der Waals surface area contributed by atoms with Crippen molar-refractivity contribution in [3.63, 3.8) is 0 Å². The molecule has 0 aliphatic rings. The van der Waals surface area contributed by atoms with E-state index in [1.54, 1.807) is 30.3 Å². The Balaban J connectivity index is 2.09. The highest BCUT2D eigenvalue weighted by Crippen LogP contribution is 2.25. The quantitative estimate of drug-likeness (QED) is 0.440. The van der Waals surface area contributed by atoms with Gasteiger partial charge in [0.05, 0.1) is 6.54 Å². The van der Waals surface area contributed by atoms with Crippen molar-refractivity contribution in [1.82, 2.24) is 5.32 Å². The van der Waals surface area contributed by atoms with E-state index in [1.807, 2.05) is 6.92 Å². The number of aryl methyl sites for hydroxylation is 1. The highest BCUT2D eigenvalue weighted by molar-refractivity contribution is 7.87. The predicted octanol–water partition coefficient (Wildman–Crippen LogP) is 1.97. The second kappa shape index (κ2) is 7.98. The molecule has 0 atom stereocenters. The van der Waals surface area contributed by atoms with Gasteiger partial charge in [-0.3, -0.25) is 0 Å². The van der Waals surface area contributed by atoms with Crippen molar-refractivity contribution in [2.75, 3.05) is 13.2 Å². The number of benzene rings is 2. The zero-order chi connectivity index (χ0) is 17.6. The molecule has 0 amide bonds. The molecule has 0 unspecified atom stereocenters. The van der Waals surface area contributed by atoms with E-state index in [-0.39, 0.29) is 15.8 Å². The third-order valence-corrected chi connectivity index (χ3v) is 4.34. The minimum atomic E-state index is -3.88. The van der Waals surface area contributed by atoms with Crippen molar-refractivity contribution < 1.29 is 17.3 Å². The first kappa shape index (κ1) is 18.0. The Labute approximate surface area is 146 Å². The monoisotopic (exact) mass is 366 g/mol. The summed E-state index contributed by atoms with van der Waals surface area (Å²) in [7, 11) is -3.88.